The van der Waals surface area contributed by atoms with Crippen molar-refractivity contribution in [2.75, 3.05) is 11.5 Å². The van der Waals surface area contributed by atoms with Gasteiger partial charge in [-0.2, -0.15) is 0 Å². The molecule has 1 aliphatic rings. The summed E-state index contributed by atoms with van der Waals surface area (Å²) in [4.78, 5) is 2.44. The fourth-order valence-electron chi connectivity index (χ4n) is 3.85. The Kier molecular flexibility index (Phi) is 5.60. The van der Waals surface area contributed by atoms with Crippen molar-refractivity contribution in [3.05, 3.63) is 71.8 Å². The van der Waals surface area contributed by atoms with E-state index in [1.54, 1.807) is 0 Å². The van der Waals surface area contributed by atoms with Crippen molar-refractivity contribution < 1.29 is 8.42 Å². The third-order valence-electron chi connectivity index (χ3n) is 5.26. The molecule has 4 heteroatoms. The van der Waals surface area contributed by atoms with Gasteiger partial charge < -0.3 is 0 Å². The number of rotatable bonds is 6. The summed E-state index contributed by atoms with van der Waals surface area (Å²) in [6.07, 6.45) is 1.72. The van der Waals surface area contributed by atoms with Crippen molar-refractivity contribution in [2.45, 2.75) is 44.8 Å². The van der Waals surface area contributed by atoms with E-state index in [0.29, 0.717) is 11.8 Å². The van der Waals surface area contributed by atoms with Crippen molar-refractivity contribution in [3.8, 4) is 0 Å². The van der Waals surface area contributed by atoms with Crippen LogP contribution in [0.2, 0.25) is 0 Å². The normalized spacial score (nSPS) is 20.9. The quantitative estimate of drug-likeness (QED) is 0.782. The van der Waals surface area contributed by atoms with Gasteiger partial charge in [0.25, 0.3) is 0 Å². The Morgan fingerprint density at radius 3 is 1.92 bits per heavy atom. The van der Waals surface area contributed by atoms with E-state index in [4.69, 9.17) is 0 Å². The highest BCUT2D eigenvalue weighted by Gasteiger charge is 2.38. The van der Waals surface area contributed by atoms with Gasteiger partial charge in [0, 0.05) is 12.1 Å². The van der Waals surface area contributed by atoms with Gasteiger partial charge in [-0.15, -0.1) is 0 Å². The lowest BCUT2D eigenvalue weighted by Gasteiger charge is -2.41. The molecule has 2 aromatic rings. The summed E-state index contributed by atoms with van der Waals surface area (Å²) in [7, 11) is -2.92. The van der Waals surface area contributed by atoms with Gasteiger partial charge in [-0.1, -0.05) is 67.6 Å². The molecule has 2 atom stereocenters. The van der Waals surface area contributed by atoms with E-state index >= 15 is 0 Å². The van der Waals surface area contributed by atoms with Crippen LogP contribution < -0.4 is 0 Å². The molecule has 0 amide bonds. The summed E-state index contributed by atoms with van der Waals surface area (Å²) < 4.78 is 24.3. The van der Waals surface area contributed by atoms with Gasteiger partial charge in [0.05, 0.1) is 17.5 Å². The minimum Gasteiger partial charge on any atom is -0.286 e. The molecule has 1 fully saturated rings. The Morgan fingerprint density at radius 2 is 1.52 bits per heavy atom. The van der Waals surface area contributed by atoms with Gasteiger partial charge in [-0.3, -0.25) is 4.90 Å². The van der Waals surface area contributed by atoms with Gasteiger partial charge >= 0.3 is 0 Å². The van der Waals surface area contributed by atoms with E-state index in [0.717, 1.165) is 12.8 Å². The first-order valence-electron chi connectivity index (χ1n) is 9.09. The Balaban J connectivity index is 2.07. The molecule has 0 spiro atoms. The van der Waals surface area contributed by atoms with Crippen LogP contribution in [0.4, 0.5) is 0 Å². The summed E-state index contributed by atoms with van der Waals surface area (Å²) in [6.45, 7) is 4.39. The maximum absolute atomic E-state index is 12.1. The van der Waals surface area contributed by atoms with Crippen LogP contribution in [0.5, 0.6) is 0 Å². The molecule has 0 aromatic heterocycles. The number of hydrogen-bond donors (Lipinski definition) is 0. The zero-order chi connectivity index (χ0) is 17.9. The van der Waals surface area contributed by atoms with E-state index in [2.05, 4.69) is 67.3 Å². The highest BCUT2D eigenvalue weighted by molar-refractivity contribution is 7.91. The fourth-order valence-corrected chi connectivity index (χ4v) is 5.58. The van der Waals surface area contributed by atoms with Crippen molar-refractivity contribution in [1.29, 1.82) is 0 Å². The molecular weight excluding hydrogens is 330 g/mol. The summed E-state index contributed by atoms with van der Waals surface area (Å²) in [5, 5.41) is 0. The Bertz CT molecular complexity index is 735. The molecule has 0 bridgehead atoms. The zero-order valence-electron chi connectivity index (χ0n) is 15.0. The molecule has 1 saturated heterocycles. The topological polar surface area (TPSA) is 37.4 Å². The second kappa shape index (κ2) is 7.71. The third kappa shape index (κ3) is 4.13. The lowest BCUT2D eigenvalue weighted by molar-refractivity contribution is 0.114. The van der Waals surface area contributed by atoms with E-state index in [-0.39, 0.29) is 17.8 Å². The summed E-state index contributed by atoms with van der Waals surface area (Å²) in [5.41, 5.74) is 2.44. The van der Waals surface area contributed by atoms with Gasteiger partial charge in [0.1, 0.15) is 0 Å². The Labute approximate surface area is 151 Å². The SMILES string of the molecule is CC[C@H](C)N(C(c1ccccc1)c1ccccc1)[C@H]1CCS(=O)(=O)C1. The van der Waals surface area contributed by atoms with Crippen molar-refractivity contribution in [3.63, 3.8) is 0 Å². The summed E-state index contributed by atoms with van der Waals surface area (Å²) in [6, 6.07) is 21.4. The molecule has 25 heavy (non-hydrogen) atoms. The molecule has 1 aliphatic heterocycles. The second-order valence-corrected chi connectivity index (χ2v) is 9.21. The van der Waals surface area contributed by atoms with Crippen molar-refractivity contribution in [2.24, 2.45) is 0 Å². The van der Waals surface area contributed by atoms with Crippen molar-refractivity contribution >= 4 is 9.84 Å². The van der Waals surface area contributed by atoms with Crippen LogP contribution in [0, 0.1) is 0 Å². The van der Waals surface area contributed by atoms with E-state index in [1.807, 2.05) is 12.1 Å². The third-order valence-corrected chi connectivity index (χ3v) is 7.01. The number of benzene rings is 2. The van der Waals surface area contributed by atoms with E-state index in [1.165, 1.54) is 11.1 Å². The number of nitrogens with zero attached hydrogens (tertiary/aromatic N) is 1. The zero-order valence-corrected chi connectivity index (χ0v) is 15.8. The van der Waals surface area contributed by atoms with Crippen molar-refractivity contribution in [1.82, 2.24) is 4.90 Å². The molecule has 0 N–H and O–H groups in total. The average molecular weight is 358 g/mol. The van der Waals surface area contributed by atoms with Crippen LogP contribution in [0.15, 0.2) is 60.7 Å². The molecule has 0 aliphatic carbocycles. The molecular formula is C21H27NO2S. The monoisotopic (exact) mass is 357 g/mol. The van der Waals surface area contributed by atoms with Crippen LogP contribution in [0.1, 0.15) is 43.9 Å². The molecule has 2 aromatic carbocycles. The first-order chi connectivity index (χ1) is 12.0. The average Bonchev–Trinajstić information content (AvgIpc) is 2.99. The minimum atomic E-state index is -2.92. The molecule has 0 saturated carbocycles. The molecule has 1 heterocycles. The first kappa shape index (κ1) is 18.2. The lowest BCUT2D eigenvalue weighted by Crippen LogP contribution is -2.45. The lowest BCUT2D eigenvalue weighted by atomic mass is 9.93. The van der Waals surface area contributed by atoms with Crippen LogP contribution in [0.3, 0.4) is 0 Å². The van der Waals surface area contributed by atoms with Crippen LogP contribution in [0.25, 0.3) is 0 Å². The van der Waals surface area contributed by atoms with Gasteiger partial charge in [0.15, 0.2) is 9.84 Å². The molecule has 0 radical (unpaired) electrons. The van der Waals surface area contributed by atoms with Gasteiger partial charge in [-0.25, -0.2) is 8.42 Å². The highest BCUT2D eigenvalue weighted by atomic mass is 32.2. The van der Waals surface area contributed by atoms with Gasteiger partial charge in [-0.05, 0) is 30.9 Å². The minimum absolute atomic E-state index is 0.0744. The number of hydrogen-bond acceptors (Lipinski definition) is 3. The van der Waals surface area contributed by atoms with Gasteiger partial charge in [0.2, 0.25) is 0 Å². The van der Waals surface area contributed by atoms with Crippen LogP contribution in [-0.4, -0.2) is 36.9 Å². The molecule has 134 valence electrons. The standard InChI is InChI=1S/C21H27NO2S/c1-3-17(2)22(20-14-15-25(23,24)16-20)21(18-10-6-4-7-11-18)19-12-8-5-9-13-19/h4-13,17,20-21H,3,14-16H2,1-2H3/t17-,20-/m0/s1. The molecule has 3 nitrogen and oxygen atoms in total. The first-order valence-corrected chi connectivity index (χ1v) is 10.9. The van der Waals surface area contributed by atoms with Crippen LogP contribution in [-0.2, 0) is 9.84 Å². The van der Waals surface area contributed by atoms with E-state index in [9.17, 15) is 8.42 Å². The van der Waals surface area contributed by atoms with Crippen LogP contribution >= 0.6 is 0 Å². The maximum atomic E-state index is 12.1. The smallest absolute Gasteiger partial charge is 0.151 e. The molecule has 0 unspecified atom stereocenters. The molecule has 3 rings (SSSR count). The Morgan fingerprint density at radius 1 is 1.00 bits per heavy atom. The summed E-state index contributed by atoms with van der Waals surface area (Å²) >= 11 is 0. The largest absolute Gasteiger partial charge is 0.286 e. The Hall–Kier alpha value is -1.65. The second-order valence-electron chi connectivity index (χ2n) is 6.99. The fraction of sp³-hybridized carbons (Fsp3) is 0.429. The highest BCUT2D eigenvalue weighted by Crippen LogP contribution is 2.35. The predicted octanol–water partition coefficient (Wildman–Crippen LogP) is 4.06. The number of sulfone groups is 1. The van der Waals surface area contributed by atoms with E-state index < -0.39 is 9.84 Å². The maximum Gasteiger partial charge on any atom is 0.151 e. The predicted molar refractivity (Wildman–Crippen MR) is 103 cm³/mol. The summed E-state index contributed by atoms with van der Waals surface area (Å²) in [5.74, 6) is 0.578.